The van der Waals surface area contributed by atoms with Crippen LogP contribution in [0.3, 0.4) is 0 Å². The Kier molecular flexibility index (Phi) is 6.74. The third-order valence-electron chi connectivity index (χ3n) is 5.54. The van der Waals surface area contributed by atoms with Crippen molar-refractivity contribution in [2.45, 2.75) is 19.3 Å². The maximum Gasteiger partial charge on any atom is 0.239 e. The molecule has 0 radical (unpaired) electrons. The predicted octanol–water partition coefficient (Wildman–Crippen LogP) is 3.45. The van der Waals surface area contributed by atoms with Gasteiger partial charge in [-0.2, -0.15) is 0 Å². The molecule has 162 valence electrons. The van der Waals surface area contributed by atoms with Gasteiger partial charge in [-0.3, -0.25) is 14.7 Å². The molecule has 2 aromatic carbocycles. The molecular formula is C24H28N4O3. The molecular weight excluding hydrogens is 392 g/mol. The van der Waals surface area contributed by atoms with E-state index < -0.39 is 0 Å². The summed E-state index contributed by atoms with van der Waals surface area (Å²) in [5.41, 5.74) is 3.54. The van der Waals surface area contributed by atoms with E-state index in [4.69, 9.17) is 19.5 Å². The standard InChI is InChI=1S/C24H28N4O3/c1-3-19-23(17-8-10-18(30-2)11-9-17)24(26-21-7-5-4-6-20(21)25-19)27-22(29)16-28-12-14-31-15-13-28/h4-11,23H,3,12-16H2,1-2H3,(H,26,27,29). The second kappa shape index (κ2) is 9.85. The number of morpholine rings is 1. The zero-order valence-corrected chi connectivity index (χ0v) is 18.0. The van der Waals surface area contributed by atoms with Crippen LogP contribution >= 0.6 is 0 Å². The summed E-state index contributed by atoms with van der Waals surface area (Å²) in [4.78, 5) is 24.8. The van der Waals surface area contributed by atoms with Crippen molar-refractivity contribution in [2.75, 3.05) is 40.0 Å². The van der Waals surface area contributed by atoms with E-state index in [2.05, 4.69) is 17.1 Å². The van der Waals surface area contributed by atoms with E-state index in [-0.39, 0.29) is 11.8 Å². The number of carbonyl (C=O) groups excluding carboxylic acids is 1. The Labute approximate surface area is 182 Å². The number of methoxy groups -OCH3 is 1. The maximum absolute atomic E-state index is 12.9. The first-order valence-electron chi connectivity index (χ1n) is 10.7. The van der Waals surface area contributed by atoms with E-state index in [1.165, 1.54) is 0 Å². The highest BCUT2D eigenvalue weighted by Gasteiger charge is 2.28. The third kappa shape index (κ3) is 5.00. The Bertz CT molecular complexity index is 979. The predicted molar refractivity (Wildman–Crippen MR) is 122 cm³/mol. The molecule has 31 heavy (non-hydrogen) atoms. The van der Waals surface area contributed by atoms with Crippen molar-refractivity contribution in [1.29, 1.82) is 0 Å². The maximum atomic E-state index is 12.9. The fourth-order valence-electron chi connectivity index (χ4n) is 3.90. The summed E-state index contributed by atoms with van der Waals surface area (Å²) in [5, 5.41) is 3.11. The minimum atomic E-state index is -0.239. The second-order valence-corrected chi connectivity index (χ2v) is 7.59. The van der Waals surface area contributed by atoms with Gasteiger partial charge >= 0.3 is 0 Å². The number of nitrogens with zero attached hydrogens (tertiary/aromatic N) is 3. The van der Waals surface area contributed by atoms with Crippen LogP contribution in [0, 0.1) is 0 Å². The summed E-state index contributed by atoms with van der Waals surface area (Å²) in [6.45, 7) is 5.22. The molecule has 0 saturated carbocycles. The molecule has 1 atom stereocenters. The number of hydrogen-bond acceptors (Lipinski definition) is 6. The number of fused-ring (bicyclic) bond motifs is 1. The molecule has 0 spiro atoms. The summed E-state index contributed by atoms with van der Waals surface area (Å²) in [7, 11) is 1.65. The fourth-order valence-corrected chi connectivity index (χ4v) is 3.90. The van der Waals surface area contributed by atoms with Gasteiger partial charge in [0.05, 0.1) is 44.2 Å². The average molecular weight is 421 g/mol. The molecule has 7 nitrogen and oxygen atoms in total. The number of benzene rings is 2. The summed E-state index contributed by atoms with van der Waals surface area (Å²) in [6, 6.07) is 15.6. The molecule has 1 saturated heterocycles. The average Bonchev–Trinajstić information content (AvgIpc) is 2.96. The van der Waals surface area contributed by atoms with Crippen molar-refractivity contribution in [2.24, 2.45) is 9.98 Å². The Morgan fingerprint density at radius 2 is 1.77 bits per heavy atom. The number of rotatable bonds is 5. The highest BCUT2D eigenvalue weighted by molar-refractivity contribution is 6.18. The number of ether oxygens (including phenoxy) is 2. The molecule has 1 unspecified atom stereocenters. The molecule has 4 rings (SSSR count). The number of amides is 1. The van der Waals surface area contributed by atoms with Gasteiger partial charge in [-0.15, -0.1) is 0 Å². The molecule has 2 heterocycles. The molecule has 0 bridgehead atoms. The van der Waals surface area contributed by atoms with Crippen LogP contribution in [-0.2, 0) is 9.53 Å². The summed E-state index contributed by atoms with van der Waals surface area (Å²) < 4.78 is 10.7. The van der Waals surface area contributed by atoms with Crippen molar-refractivity contribution >= 4 is 28.8 Å². The van der Waals surface area contributed by atoms with Crippen LogP contribution in [0.15, 0.2) is 58.5 Å². The smallest absolute Gasteiger partial charge is 0.239 e. The van der Waals surface area contributed by atoms with E-state index in [0.29, 0.717) is 25.6 Å². The minimum absolute atomic E-state index is 0.0750. The molecule has 2 aliphatic rings. The number of amidine groups is 1. The molecule has 0 aromatic heterocycles. The number of hydrogen-bond donors (Lipinski definition) is 1. The Balaban J connectivity index is 1.68. The van der Waals surface area contributed by atoms with Gasteiger partial charge in [-0.25, -0.2) is 4.99 Å². The lowest BCUT2D eigenvalue weighted by Crippen LogP contribution is -2.46. The first-order chi connectivity index (χ1) is 15.2. The van der Waals surface area contributed by atoms with Crippen LogP contribution in [0.4, 0.5) is 11.4 Å². The number of carbonyl (C=O) groups is 1. The zero-order valence-electron chi connectivity index (χ0n) is 18.0. The topological polar surface area (TPSA) is 75.5 Å². The lowest BCUT2D eigenvalue weighted by Gasteiger charge is -2.27. The summed E-state index contributed by atoms with van der Waals surface area (Å²) >= 11 is 0. The first kappa shape index (κ1) is 21.2. The molecule has 0 aliphatic carbocycles. The monoisotopic (exact) mass is 420 g/mol. The van der Waals surface area contributed by atoms with Gasteiger partial charge in [0, 0.05) is 18.8 Å². The molecule has 1 fully saturated rings. The summed E-state index contributed by atoms with van der Waals surface area (Å²) in [5.74, 6) is 1.07. The van der Waals surface area contributed by atoms with Gasteiger partial charge in [-0.05, 0) is 36.2 Å². The van der Waals surface area contributed by atoms with Crippen LogP contribution < -0.4 is 10.1 Å². The van der Waals surface area contributed by atoms with Crippen LogP contribution in [0.2, 0.25) is 0 Å². The minimum Gasteiger partial charge on any atom is -0.497 e. The van der Waals surface area contributed by atoms with E-state index in [1.54, 1.807) is 7.11 Å². The second-order valence-electron chi connectivity index (χ2n) is 7.59. The van der Waals surface area contributed by atoms with Gasteiger partial charge in [0.15, 0.2) is 0 Å². The molecule has 1 amide bonds. The van der Waals surface area contributed by atoms with Gasteiger partial charge in [0.25, 0.3) is 0 Å². The van der Waals surface area contributed by atoms with Crippen LogP contribution in [0.5, 0.6) is 5.75 Å². The highest BCUT2D eigenvalue weighted by atomic mass is 16.5. The lowest BCUT2D eigenvalue weighted by molar-refractivity contribution is -0.121. The van der Waals surface area contributed by atoms with Gasteiger partial charge < -0.3 is 14.8 Å². The first-order valence-corrected chi connectivity index (χ1v) is 10.7. The fraction of sp³-hybridized carbons (Fsp3) is 0.375. The van der Waals surface area contributed by atoms with Gasteiger partial charge in [-0.1, -0.05) is 31.2 Å². The number of aliphatic imine (C=N–C) groups is 2. The Morgan fingerprint density at radius 1 is 1.10 bits per heavy atom. The Hall–Kier alpha value is -3.03. The van der Waals surface area contributed by atoms with Crippen molar-refractivity contribution in [1.82, 2.24) is 10.2 Å². The SMILES string of the molecule is CCC1=Nc2ccccc2N=C(NC(=O)CN2CCOCC2)C1c1ccc(OC)cc1. The largest absolute Gasteiger partial charge is 0.497 e. The van der Waals surface area contributed by atoms with Gasteiger partial charge in [0.1, 0.15) is 11.6 Å². The van der Waals surface area contributed by atoms with E-state index >= 15 is 0 Å². The van der Waals surface area contributed by atoms with Crippen molar-refractivity contribution in [3.05, 3.63) is 54.1 Å². The van der Waals surface area contributed by atoms with Gasteiger partial charge in [0.2, 0.25) is 5.91 Å². The van der Waals surface area contributed by atoms with Crippen LogP contribution in [-0.4, -0.2) is 62.3 Å². The van der Waals surface area contributed by atoms with E-state index in [1.807, 2.05) is 48.5 Å². The summed E-state index contributed by atoms with van der Waals surface area (Å²) in [6.07, 6.45) is 0.739. The van der Waals surface area contributed by atoms with E-state index in [0.717, 1.165) is 47.9 Å². The zero-order chi connectivity index (χ0) is 21.6. The molecule has 2 aliphatic heterocycles. The highest BCUT2D eigenvalue weighted by Crippen LogP contribution is 2.35. The third-order valence-corrected chi connectivity index (χ3v) is 5.54. The molecule has 2 aromatic rings. The normalized spacial score (nSPS) is 19.0. The number of nitrogens with one attached hydrogen (secondary N) is 1. The quantitative estimate of drug-likeness (QED) is 0.804. The van der Waals surface area contributed by atoms with Crippen molar-refractivity contribution in [3.8, 4) is 5.75 Å². The van der Waals surface area contributed by atoms with Crippen molar-refractivity contribution in [3.63, 3.8) is 0 Å². The molecule has 7 heteroatoms. The van der Waals surface area contributed by atoms with E-state index in [9.17, 15) is 4.79 Å². The molecule has 1 N–H and O–H groups in total. The Morgan fingerprint density at radius 3 is 2.42 bits per heavy atom. The number of para-hydroxylation sites is 2. The van der Waals surface area contributed by atoms with Crippen LogP contribution in [0.25, 0.3) is 0 Å². The lowest BCUT2D eigenvalue weighted by atomic mass is 9.91. The van der Waals surface area contributed by atoms with Crippen molar-refractivity contribution < 1.29 is 14.3 Å². The van der Waals surface area contributed by atoms with Crippen LogP contribution in [0.1, 0.15) is 24.8 Å².